The summed E-state index contributed by atoms with van der Waals surface area (Å²) < 4.78 is 55.7. The first-order chi connectivity index (χ1) is 10.3. The van der Waals surface area contributed by atoms with E-state index in [1.807, 2.05) is 0 Å². The van der Waals surface area contributed by atoms with Crippen LogP contribution in [0.25, 0.3) is 0 Å². The SMILES string of the molecule is CCS(=O)(=O)c1ccc(C(C)NS(=O)(=O)C2CCOC2)cc1. The van der Waals surface area contributed by atoms with E-state index in [1.54, 1.807) is 26.0 Å². The highest BCUT2D eigenvalue weighted by molar-refractivity contribution is 7.91. The first kappa shape index (κ1) is 17.4. The molecule has 6 nitrogen and oxygen atoms in total. The molecule has 0 aromatic heterocycles. The van der Waals surface area contributed by atoms with Crippen LogP contribution in [0, 0.1) is 0 Å². The lowest BCUT2D eigenvalue weighted by molar-refractivity contribution is 0.198. The fourth-order valence-electron chi connectivity index (χ4n) is 2.30. The van der Waals surface area contributed by atoms with Gasteiger partial charge in [-0.1, -0.05) is 19.1 Å². The largest absolute Gasteiger partial charge is 0.380 e. The Labute approximate surface area is 131 Å². The highest BCUT2D eigenvalue weighted by Gasteiger charge is 2.30. The van der Waals surface area contributed by atoms with Gasteiger partial charge in [-0.05, 0) is 31.0 Å². The Bertz CT molecular complexity index is 704. The normalized spacial score (nSPS) is 20.9. The summed E-state index contributed by atoms with van der Waals surface area (Å²) in [6.07, 6.45) is 0.496. The second-order valence-corrected chi connectivity index (χ2v) is 9.61. The molecule has 2 atom stereocenters. The van der Waals surface area contributed by atoms with Crippen LogP contribution in [-0.4, -0.2) is 41.1 Å². The number of sulfone groups is 1. The van der Waals surface area contributed by atoms with Crippen molar-refractivity contribution in [3.63, 3.8) is 0 Å². The van der Waals surface area contributed by atoms with Gasteiger partial charge in [0.05, 0.1) is 17.3 Å². The Balaban J connectivity index is 2.11. The summed E-state index contributed by atoms with van der Waals surface area (Å²) >= 11 is 0. The zero-order chi connectivity index (χ0) is 16.4. The minimum absolute atomic E-state index is 0.0379. The van der Waals surface area contributed by atoms with E-state index in [4.69, 9.17) is 4.74 Å². The maximum absolute atomic E-state index is 12.2. The number of sulfonamides is 1. The van der Waals surface area contributed by atoms with Gasteiger partial charge >= 0.3 is 0 Å². The van der Waals surface area contributed by atoms with Gasteiger partial charge in [0, 0.05) is 12.6 Å². The van der Waals surface area contributed by atoms with Gasteiger partial charge in [-0.15, -0.1) is 0 Å². The second-order valence-electron chi connectivity index (χ2n) is 5.34. The van der Waals surface area contributed by atoms with Crippen molar-refractivity contribution in [1.82, 2.24) is 4.72 Å². The lowest BCUT2D eigenvalue weighted by Gasteiger charge is -2.17. The van der Waals surface area contributed by atoms with Crippen molar-refractivity contribution in [1.29, 1.82) is 0 Å². The van der Waals surface area contributed by atoms with Gasteiger partial charge in [-0.3, -0.25) is 0 Å². The van der Waals surface area contributed by atoms with Crippen LogP contribution < -0.4 is 4.72 Å². The molecule has 0 aliphatic carbocycles. The van der Waals surface area contributed by atoms with Crippen molar-refractivity contribution >= 4 is 19.9 Å². The van der Waals surface area contributed by atoms with Gasteiger partial charge in [0.1, 0.15) is 5.25 Å². The van der Waals surface area contributed by atoms with Crippen LogP contribution in [-0.2, 0) is 24.6 Å². The predicted molar refractivity (Wildman–Crippen MR) is 83.9 cm³/mol. The highest BCUT2D eigenvalue weighted by Crippen LogP contribution is 2.20. The molecule has 124 valence electrons. The van der Waals surface area contributed by atoms with Crippen LogP contribution >= 0.6 is 0 Å². The summed E-state index contributed by atoms with van der Waals surface area (Å²) in [5.74, 6) is 0.0379. The molecule has 1 aliphatic rings. The van der Waals surface area contributed by atoms with E-state index in [1.165, 1.54) is 12.1 Å². The van der Waals surface area contributed by atoms with Crippen LogP contribution in [0.3, 0.4) is 0 Å². The molecule has 1 saturated heterocycles. The zero-order valence-corrected chi connectivity index (χ0v) is 14.3. The minimum Gasteiger partial charge on any atom is -0.380 e. The van der Waals surface area contributed by atoms with Crippen molar-refractivity contribution in [2.24, 2.45) is 0 Å². The first-order valence-corrected chi connectivity index (χ1v) is 10.4. The molecule has 0 bridgehead atoms. The van der Waals surface area contributed by atoms with Crippen molar-refractivity contribution < 1.29 is 21.6 Å². The molecule has 8 heteroatoms. The van der Waals surface area contributed by atoms with Crippen molar-refractivity contribution in [2.75, 3.05) is 19.0 Å². The molecular formula is C14H21NO5S2. The molecule has 1 N–H and O–H groups in total. The predicted octanol–water partition coefficient (Wildman–Crippen LogP) is 1.25. The number of hydrogen-bond acceptors (Lipinski definition) is 5. The lowest BCUT2D eigenvalue weighted by Crippen LogP contribution is -2.36. The number of ether oxygens (including phenoxy) is 1. The number of nitrogens with one attached hydrogen (secondary N) is 1. The van der Waals surface area contributed by atoms with Crippen LogP contribution in [0.5, 0.6) is 0 Å². The Hall–Kier alpha value is -0.960. The van der Waals surface area contributed by atoms with Gasteiger partial charge in [0.2, 0.25) is 10.0 Å². The summed E-state index contributed by atoms with van der Waals surface area (Å²) in [6, 6.07) is 5.88. The molecule has 0 amide bonds. The quantitative estimate of drug-likeness (QED) is 0.836. The molecule has 2 unspecified atom stereocenters. The lowest BCUT2D eigenvalue weighted by atomic mass is 10.1. The fraction of sp³-hybridized carbons (Fsp3) is 0.571. The molecule has 22 heavy (non-hydrogen) atoms. The van der Waals surface area contributed by atoms with Gasteiger partial charge in [0.25, 0.3) is 0 Å². The van der Waals surface area contributed by atoms with E-state index in [0.717, 1.165) is 5.56 Å². The van der Waals surface area contributed by atoms with Gasteiger partial charge in [-0.25, -0.2) is 21.6 Å². The van der Waals surface area contributed by atoms with Crippen LogP contribution in [0.2, 0.25) is 0 Å². The summed E-state index contributed by atoms with van der Waals surface area (Å²) in [5, 5.41) is -0.519. The third-order valence-electron chi connectivity index (χ3n) is 3.79. The fourth-order valence-corrected chi connectivity index (χ4v) is 4.69. The van der Waals surface area contributed by atoms with Crippen molar-refractivity contribution in [3.05, 3.63) is 29.8 Å². The average Bonchev–Trinajstić information content (AvgIpc) is 3.02. The van der Waals surface area contributed by atoms with Gasteiger partial charge in [-0.2, -0.15) is 0 Å². The van der Waals surface area contributed by atoms with Gasteiger partial charge < -0.3 is 4.74 Å². The number of rotatable bonds is 6. The molecule has 1 aromatic rings. The Kier molecular flexibility index (Phi) is 5.26. The average molecular weight is 347 g/mol. The Morgan fingerprint density at radius 3 is 2.36 bits per heavy atom. The van der Waals surface area contributed by atoms with Gasteiger partial charge in [0.15, 0.2) is 9.84 Å². The summed E-state index contributed by atoms with van der Waals surface area (Å²) in [5.41, 5.74) is 0.720. The zero-order valence-electron chi connectivity index (χ0n) is 12.7. The first-order valence-electron chi connectivity index (χ1n) is 7.18. The molecule has 1 fully saturated rings. The van der Waals surface area contributed by atoms with E-state index in [0.29, 0.717) is 13.0 Å². The van der Waals surface area contributed by atoms with Crippen molar-refractivity contribution in [2.45, 2.75) is 36.5 Å². The molecule has 1 aliphatic heterocycles. The standard InChI is InChI=1S/C14H21NO5S2/c1-3-21(16,17)13-6-4-12(5-7-13)11(2)15-22(18,19)14-8-9-20-10-14/h4-7,11,14-15H,3,8-10H2,1-2H3. The van der Waals surface area contributed by atoms with E-state index in [-0.39, 0.29) is 17.3 Å². The number of benzene rings is 1. The van der Waals surface area contributed by atoms with E-state index in [2.05, 4.69) is 4.72 Å². The van der Waals surface area contributed by atoms with Crippen molar-refractivity contribution in [3.8, 4) is 0 Å². The van der Waals surface area contributed by atoms with Crippen LogP contribution in [0.4, 0.5) is 0 Å². The van der Waals surface area contributed by atoms with E-state index >= 15 is 0 Å². The monoisotopic (exact) mass is 347 g/mol. The van der Waals surface area contributed by atoms with Crippen LogP contribution in [0.15, 0.2) is 29.2 Å². The Morgan fingerprint density at radius 1 is 1.23 bits per heavy atom. The molecular weight excluding hydrogens is 326 g/mol. The molecule has 0 saturated carbocycles. The maximum Gasteiger partial charge on any atom is 0.217 e. The summed E-state index contributed by atoms with van der Waals surface area (Å²) in [4.78, 5) is 0.248. The molecule has 0 spiro atoms. The maximum atomic E-state index is 12.2. The Morgan fingerprint density at radius 2 is 1.86 bits per heavy atom. The molecule has 1 heterocycles. The molecule has 0 radical (unpaired) electrons. The smallest absolute Gasteiger partial charge is 0.217 e. The summed E-state index contributed by atoms with van der Waals surface area (Å²) in [6.45, 7) is 4.00. The number of hydrogen-bond donors (Lipinski definition) is 1. The van der Waals surface area contributed by atoms with E-state index < -0.39 is 31.2 Å². The highest BCUT2D eigenvalue weighted by atomic mass is 32.2. The van der Waals surface area contributed by atoms with E-state index in [9.17, 15) is 16.8 Å². The topological polar surface area (TPSA) is 89.5 Å². The molecule has 1 aromatic carbocycles. The third-order valence-corrected chi connectivity index (χ3v) is 7.47. The van der Waals surface area contributed by atoms with Crippen LogP contribution in [0.1, 0.15) is 31.9 Å². The minimum atomic E-state index is -3.44. The third kappa shape index (κ3) is 3.87. The molecule has 2 rings (SSSR count). The summed E-state index contributed by atoms with van der Waals surface area (Å²) in [7, 11) is -6.69. The second kappa shape index (κ2) is 6.66.